The van der Waals surface area contributed by atoms with Gasteiger partial charge in [0.25, 0.3) is 0 Å². The van der Waals surface area contributed by atoms with E-state index in [-0.39, 0.29) is 0 Å². The van der Waals surface area contributed by atoms with Gasteiger partial charge in [0, 0.05) is 23.5 Å². The summed E-state index contributed by atoms with van der Waals surface area (Å²) in [5.41, 5.74) is 2.55. The van der Waals surface area contributed by atoms with Crippen molar-refractivity contribution >= 4 is 0 Å². The third-order valence-electron chi connectivity index (χ3n) is 2.84. The van der Waals surface area contributed by atoms with Crippen molar-refractivity contribution in [3.63, 3.8) is 0 Å². The van der Waals surface area contributed by atoms with E-state index in [1.807, 2.05) is 0 Å². The van der Waals surface area contributed by atoms with Gasteiger partial charge in [-0.1, -0.05) is 12.1 Å². The molecule has 1 aliphatic rings. The maximum Gasteiger partial charge on any atom is 0.111 e. The quantitative estimate of drug-likeness (QED) is 0.692. The van der Waals surface area contributed by atoms with Gasteiger partial charge in [-0.25, -0.2) is 0 Å². The zero-order valence-corrected chi connectivity index (χ0v) is 8.41. The van der Waals surface area contributed by atoms with Crippen LogP contribution in [0, 0.1) is 0 Å². The number of nitrogens with zero attached hydrogens (tertiary/aromatic N) is 2. The van der Waals surface area contributed by atoms with Gasteiger partial charge in [-0.3, -0.25) is 9.97 Å². The largest absolute Gasteiger partial charge is 0.385 e. The van der Waals surface area contributed by atoms with E-state index in [2.05, 4.69) is 9.97 Å². The monoisotopic (exact) mass is 214 g/mol. The highest BCUT2D eigenvalue weighted by molar-refractivity contribution is 5.66. The second-order valence-corrected chi connectivity index (χ2v) is 3.77. The molecule has 4 heteroatoms. The zero-order valence-electron chi connectivity index (χ0n) is 8.41. The molecular weight excluding hydrogens is 204 g/mol. The predicted octanol–water partition coefficient (Wildman–Crippen LogP) is 1.22. The Labute approximate surface area is 92.2 Å². The van der Waals surface area contributed by atoms with Crippen LogP contribution < -0.4 is 0 Å². The van der Waals surface area contributed by atoms with Crippen LogP contribution in [0.1, 0.15) is 23.3 Å². The van der Waals surface area contributed by atoms with Crippen molar-refractivity contribution in [3.8, 4) is 11.4 Å². The summed E-state index contributed by atoms with van der Waals surface area (Å²) in [5.74, 6) is 0. The lowest BCUT2D eigenvalue weighted by atomic mass is 9.88. The molecule has 0 unspecified atom stereocenters. The first-order valence-corrected chi connectivity index (χ1v) is 5.05. The van der Waals surface area contributed by atoms with Gasteiger partial charge in [0.2, 0.25) is 0 Å². The summed E-state index contributed by atoms with van der Waals surface area (Å²) in [6, 6.07) is 6.99. The Morgan fingerprint density at radius 3 is 1.69 bits per heavy atom. The molecule has 0 saturated heterocycles. The molecule has 80 valence electrons. The fourth-order valence-electron chi connectivity index (χ4n) is 2.05. The molecule has 0 fully saturated rings. The fraction of sp³-hybridized carbons (Fsp3) is 0.167. The summed E-state index contributed by atoms with van der Waals surface area (Å²) < 4.78 is 0. The minimum absolute atomic E-state index is 0.626. The Balaban J connectivity index is 2.33. The fourth-order valence-corrected chi connectivity index (χ4v) is 2.05. The molecule has 1 aliphatic carbocycles. The van der Waals surface area contributed by atoms with Gasteiger partial charge < -0.3 is 10.2 Å². The van der Waals surface area contributed by atoms with Crippen LogP contribution in [-0.2, 0) is 0 Å². The van der Waals surface area contributed by atoms with E-state index in [1.165, 1.54) is 0 Å². The van der Waals surface area contributed by atoms with Gasteiger partial charge in [0.15, 0.2) is 0 Å². The SMILES string of the molecule is O[C@H]1c2cccnc2-c2ncccc2[C@@H]1O. The summed E-state index contributed by atoms with van der Waals surface area (Å²) in [7, 11) is 0. The van der Waals surface area contributed by atoms with Crippen molar-refractivity contribution in [2.45, 2.75) is 12.2 Å². The molecule has 2 aromatic heterocycles. The summed E-state index contributed by atoms with van der Waals surface area (Å²) in [6.07, 6.45) is 1.45. The molecule has 4 nitrogen and oxygen atoms in total. The Kier molecular flexibility index (Phi) is 1.99. The summed E-state index contributed by atoms with van der Waals surface area (Å²) >= 11 is 0. The third kappa shape index (κ3) is 1.17. The highest BCUT2D eigenvalue weighted by atomic mass is 16.3. The van der Waals surface area contributed by atoms with E-state index >= 15 is 0 Å². The Hall–Kier alpha value is -1.78. The van der Waals surface area contributed by atoms with Gasteiger partial charge in [-0.05, 0) is 12.1 Å². The first-order valence-electron chi connectivity index (χ1n) is 5.05. The first-order chi connectivity index (χ1) is 7.79. The normalized spacial score (nSPS) is 22.4. The van der Waals surface area contributed by atoms with Crippen molar-refractivity contribution in [1.82, 2.24) is 9.97 Å². The summed E-state index contributed by atoms with van der Waals surface area (Å²) in [6.45, 7) is 0. The number of aliphatic hydroxyl groups excluding tert-OH is 2. The van der Waals surface area contributed by atoms with E-state index in [1.54, 1.807) is 36.7 Å². The number of aliphatic hydroxyl groups is 2. The number of rotatable bonds is 0. The van der Waals surface area contributed by atoms with Crippen molar-refractivity contribution < 1.29 is 10.2 Å². The molecule has 0 saturated carbocycles. The standard InChI is InChI=1S/C12H10N2O2/c15-11-7-3-1-5-13-9(7)10-8(12(11)16)4-2-6-14-10/h1-6,11-12,15-16H/t11-,12-/m0/s1. The van der Waals surface area contributed by atoms with Crippen LogP contribution in [0.2, 0.25) is 0 Å². The van der Waals surface area contributed by atoms with E-state index in [0.717, 1.165) is 0 Å². The van der Waals surface area contributed by atoms with Crippen molar-refractivity contribution in [1.29, 1.82) is 0 Å². The minimum atomic E-state index is -0.930. The van der Waals surface area contributed by atoms with E-state index < -0.39 is 12.2 Å². The molecule has 0 amide bonds. The van der Waals surface area contributed by atoms with Gasteiger partial charge in [-0.2, -0.15) is 0 Å². The van der Waals surface area contributed by atoms with E-state index in [0.29, 0.717) is 22.5 Å². The van der Waals surface area contributed by atoms with Gasteiger partial charge in [0.05, 0.1) is 11.4 Å². The molecular formula is C12H10N2O2. The van der Waals surface area contributed by atoms with Crippen LogP contribution >= 0.6 is 0 Å². The van der Waals surface area contributed by atoms with Gasteiger partial charge in [0.1, 0.15) is 12.2 Å². The maximum absolute atomic E-state index is 9.96. The first kappa shape index (κ1) is 9.45. The van der Waals surface area contributed by atoms with Gasteiger partial charge >= 0.3 is 0 Å². The lowest BCUT2D eigenvalue weighted by Gasteiger charge is -2.27. The average Bonchev–Trinajstić information content (AvgIpc) is 2.36. The summed E-state index contributed by atoms with van der Waals surface area (Å²) in [4.78, 5) is 8.42. The molecule has 2 N–H and O–H groups in total. The molecule has 16 heavy (non-hydrogen) atoms. The minimum Gasteiger partial charge on any atom is -0.385 e. The lowest BCUT2D eigenvalue weighted by molar-refractivity contribution is 0.0152. The zero-order chi connectivity index (χ0) is 11.1. The third-order valence-corrected chi connectivity index (χ3v) is 2.84. The van der Waals surface area contributed by atoms with Crippen LogP contribution in [-0.4, -0.2) is 20.2 Å². The summed E-state index contributed by atoms with van der Waals surface area (Å²) in [5, 5.41) is 19.9. The Bertz CT molecular complexity index is 493. The van der Waals surface area contributed by atoms with Gasteiger partial charge in [-0.15, -0.1) is 0 Å². The van der Waals surface area contributed by atoms with Crippen LogP contribution in [0.3, 0.4) is 0 Å². The van der Waals surface area contributed by atoms with Crippen molar-refractivity contribution in [2.24, 2.45) is 0 Å². The van der Waals surface area contributed by atoms with E-state index in [4.69, 9.17) is 0 Å². The highest BCUT2D eigenvalue weighted by Crippen LogP contribution is 2.41. The number of hydrogen-bond acceptors (Lipinski definition) is 4. The smallest absolute Gasteiger partial charge is 0.111 e. The molecule has 2 heterocycles. The molecule has 2 atom stereocenters. The number of fused-ring (bicyclic) bond motifs is 3. The highest BCUT2D eigenvalue weighted by Gasteiger charge is 2.32. The second kappa shape index (κ2) is 3.37. The van der Waals surface area contributed by atoms with Crippen molar-refractivity contribution in [3.05, 3.63) is 47.8 Å². The Morgan fingerprint density at radius 1 is 0.812 bits per heavy atom. The second-order valence-electron chi connectivity index (χ2n) is 3.77. The molecule has 0 radical (unpaired) electrons. The van der Waals surface area contributed by atoms with Crippen LogP contribution in [0.15, 0.2) is 36.7 Å². The Morgan fingerprint density at radius 2 is 1.25 bits per heavy atom. The number of aromatic nitrogens is 2. The lowest BCUT2D eigenvalue weighted by Crippen LogP contribution is -2.18. The topological polar surface area (TPSA) is 66.2 Å². The molecule has 2 aromatic rings. The maximum atomic E-state index is 9.96. The number of hydrogen-bond donors (Lipinski definition) is 2. The van der Waals surface area contributed by atoms with E-state index in [9.17, 15) is 10.2 Å². The molecule has 0 aromatic carbocycles. The molecule has 0 bridgehead atoms. The molecule has 0 aliphatic heterocycles. The average molecular weight is 214 g/mol. The van der Waals surface area contributed by atoms with Crippen LogP contribution in [0.5, 0.6) is 0 Å². The predicted molar refractivity (Wildman–Crippen MR) is 57.4 cm³/mol. The van der Waals surface area contributed by atoms with Crippen molar-refractivity contribution in [2.75, 3.05) is 0 Å². The molecule has 3 rings (SSSR count). The number of pyridine rings is 2. The molecule has 0 spiro atoms. The van der Waals surface area contributed by atoms with Crippen LogP contribution in [0.25, 0.3) is 11.4 Å². The van der Waals surface area contributed by atoms with Crippen LogP contribution in [0.4, 0.5) is 0 Å².